The molecule has 0 aromatic heterocycles. The van der Waals surface area contributed by atoms with Crippen LogP contribution in [0.2, 0.25) is 0 Å². The number of nitrogens with zero attached hydrogens (tertiary/aromatic N) is 1. The SMILES string of the molecule is CCCNC(C)CCCCN(CC)c1ccccc1F. The molecule has 0 saturated heterocycles. The predicted molar refractivity (Wildman–Crippen MR) is 85.9 cm³/mol. The summed E-state index contributed by atoms with van der Waals surface area (Å²) < 4.78 is 13.8. The third-order valence-electron chi connectivity index (χ3n) is 3.63. The third kappa shape index (κ3) is 5.91. The van der Waals surface area contributed by atoms with Gasteiger partial charge in [-0.15, -0.1) is 0 Å². The van der Waals surface area contributed by atoms with E-state index >= 15 is 0 Å². The van der Waals surface area contributed by atoms with Gasteiger partial charge >= 0.3 is 0 Å². The lowest BCUT2D eigenvalue weighted by Gasteiger charge is -2.24. The number of para-hydroxylation sites is 1. The Bertz CT molecular complexity index is 368. The van der Waals surface area contributed by atoms with E-state index < -0.39 is 0 Å². The van der Waals surface area contributed by atoms with Crippen LogP contribution in [0.1, 0.15) is 46.5 Å². The third-order valence-corrected chi connectivity index (χ3v) is 3.63. The predicted octanol–water partition coefficient (Wildman–Crippen LogP) is 4.21. The molecule has 0 bridgehead atoms. The van der Waals surface area contributed by atoms with E-state index in [-0.39, 0.29) is 5.82 Å². The molecule has 0 amide bonds. The first-order valence-electron chi connectivity index (χ1n) is 7.91. The molecule has 0 heterocycles. The lowest BCUT2D eigenvalue weighted by Crippen LogP contribution is -2.28. The van der Waals surface area contributed by atoms with Crippen molar-refractivity contribution < 1.29 is 4.39 Å². The average Bonchev–Trinajstić information content (AvgIpc) is 2.46. The average molecular weight is 280 g/mol. The van der Waals surface area contributed by atoms with Crippen molar-refractivity contribution in [3.05, 3.63) is 30.1 Å². The molecule has 1 aromatic carbocycles. The van der Waals surface area contributed by atoms with Crippen molar-refractivity contribution in [2.75, 3.05) is 24.5 Å². The van der Waals surface area contributed by atoms with Gasteiger partial charge in [0, 0.05) is 19.1 Å². The molecule has 1 unspecified atom stereocenters. The molecule has 0 fully saturated rings. The number of hydrogen-bond acceptors (Lipinski definition) is 2. The summed E-state index contributed by atoms with van der Waals surface area (Å²) in [5.41, 5.74) is 0.729. The maximum absolute atomic E-state index is 13.8. The highest BCUT2D eigenvalue weighted by Gasteiger charge is 2.09. The summed E-state index contributed by atoms with van der Waals surface area (Å²) in [7, 11) is 0. The van der Waals surface area contributed by atoms with Gasteiger partial charge in [-0.3, -0.25) is 0 Å². The van der Waals surface area contributed by atoms with Gasteiger partial charge in [0.2, 0.25) is 0 Å². The summed E-state index contributed by atoms with van der Waals surface area (Å²) in [5, 5.41) is 3.50. The van der Waals surface area contributed by atoms with Gasteiger partial charge in [0.25, 0.3) is 0 Å². The Labute approximate surface area is 123 Å². The first kappa shape index (κ1) is 17.0. The Kier molecular flexibility index (Phi) is 8.28. The van der Waals surface area contributed by atoms with Crippen LogP contribution < -0.4 is 10.2 Å². The number of halogens is 1. The van der Waals surface area contributed by atoms with E-state index in [1.807, 2.05) is 12.1 Å². The van der Waals surface area contributed by atoms with Crippen molar-refractivity contribution in [3.8, 4) is 0 Å². The van der Waals surface area contributed by atoms with Gasteiger partial charge in [0.1, 0.15) is 5.82 Å². The van der Waals surface area contributed by atoms with Gasteiger partial charge in [-0.25, -0.2) is 4.39 Å². The van der Waals surface area contributed by atoms with Gasteiger partial charge in [-0.2, -0.15) is 0 Å². The van der Waals surface area contributed by atoms with E-state index in [1.54, 1.807) is 6.07 Å². The lowest BCUT2D eigenvalue weighted by atomic mass is 10.1. The van der Waals surface area contributed by atoms with Crippen LogP contribution in [0, 0.1) is 5.82 Å². The zero-order chi connectivity index (χ0) is 14.8. The molecule has 0 aliphatic rings. The van der Waals surface area contributed by atoms with Crippen LogP contribution in [0.4, 0.5) is 10.1 Å². The van der Waals surface area contributed by atoms with Gasteiger partial charge in [0.15, 0.2) is 0 Å². The fourth-order valence-electron chi connectivity index (χ4n) is 2.40. The van der Waals surface area contributed by atoms with Gasteiger partial charge in [0.05, 0.1) is 5.69 Å². The van der Waals surface area contributed by atoms with Gasteiger partial charge in [-0.1, -0.05) is 25.5 Å². The van der Waals surface area contributed by atoms with Crippen molar-refractivity contribution >= 4 is 5.69 Å². The van der Waals surface area contributed by atoms with Gasteiger partial charge in [-0.05, 0) is 51.8 Å². The molecule has 1 rings (SSSR count). The van der Waals surface area contributed by atoms with E-state index in [9.17, 15) is 4.39 Å². The van der Waals surface area contributed by atoms with E-state index in [0.717, 1.165) is 31.7 Å². The second kappa shape index (κ2) is 9.76. The Morgan fingerprint density at radius 2 is 1.95 bits per heavy atom. The second-order valence-corrected chi connectivity index (χ2v) is 5.38. The summed E-state index contributed by atoms with van der Waals surface area (Å²) in [6.07, 6.45) is 4.67. The van der Waals surface area contributed by atoms with Crippen LogP contribution in [0.3, 0.4) is 0 Å². The van der Waals surface area contributed by atoms with Crippen LogP contribution >= 0.6 is 0 Å². The standard InChI is InChI=1S/C17H29FN2/c1-4-13-19-15(3)10-8-9-14-20(5-2)17-12-7-6-11-16(17)18/h6-7,11-12,15,19H,4-5,8-10,13-14H2,1-3H3. The fraction of sp³-hybridized carbons (Fsp3) is 0.647. The lowest BCUT2D eigenvalue weighted by molar-refractivity contribution is 0.488. The summed E-state index contributed by atoms with van der Waals surface area (Å²) in [5.74, 6) is -0.118. The van der Waals surface area contributed by atoms with E-state index in [1.165, 1.54) is 25.3 Å². The zero-order valence-corrected chi connectivity index (χ0v) is 13.2. The molecule has 3 heteroatoms. The molecule has 1 aromatic rings. The molecule has 0 aliphatic heterocycles. The molecule has 0 aliphatic carbocycles. The monoisotopic (exact) mass is 280 g/mol. The quantitative estimate of drug-likeness (QED) is 0.646. The minimum absolute atomic E-state index is 0.118. The molecule has 0 saturated carbocycles. The molecule has 1 atom stereocenters. The molecule has 0 radical (unpaired) electrons. The molecule has 2 nitrogen and oxygen atoms in total. The van der Waals surface area contributed by atoms with Crippen LogP contribution in [-0.2, 0) is 0 Å². The highest BCUT2D eigenvalue weighted by molar-refractivity contribution is 5.47. The first-order chi connectivity index (χ1) is 9.69. The van der Waals surface area contributed by atoms with E-state index in [0.29, 0.717) is 6.04 Å². The van der Waals surface area contributed by atoms with E-state index in [4.69, 9.17) is 0 Å². The Morgan fingerprint density at radius 1 is 1.20 bits per heavy atom. The highest BCUT2D eigenvalue weighted by atomic mass is 19.1. The fourth-order valence-corrected chi connectivity index (χ4v) is 2.40. The van der Waals surface area contributed by atoms with Crippen LogP contribution in [0.25, 0.3) is 0 Å². The molecule has 20 heavy (non-hydrogen) atoms. The number of hydrogen-bond donors (Lipinski definition) is 1. The number of rotatable bonds is 10. The summed E-state index contributed by atoms with van der Waals surface area (Å²) in [4.78, 5) is 2.12. The Hall–Kier alpha value is -1.09. The zero-order valence-electron chi connectivity index (χ0n) is 13.2. The van der Waals surface area contributed by atoms with Crippen molar-refractivity contribution in [3.63, 3.8) is 0 Å². The minimum Gasteiger partial charge on any atom is -0.369 e. The van der Waals surface area contributed by atoms with Crippen molar-refractivity contribution in [1.29, 1.82) is 0 Å². The maximum atomic E-state index is 13.8. The van der Waals surface area contributed by atoms with Crippen LogP contribution in [0.5, 0.6) is 0 Å². The molecular weight excluding hydrogens is 251 g/mol. The summed E-state index contributed by atoms with van der Waals surface area (Å²) in [6.45, 7) is 9.38. The van der Waals surface area contributed by atoms with Crippen molar-refractivity contribution in [2.45, 2.75) is 52.5 Å². The van der Waals surface area contributed by atoms with Crippen molar-refractivity contribution in [1.82, 2.24) is 5.32 Å². The largest absolute Gasteiger partial charge is 0.369 e. The second-order valence-electron chi connectivity index (χ2n) is 5.38. The molecule has 0 spiro atoms. The summed E-state index contributed by atoms with van der Waals surface area (Å²) >= 11 is 0. The van der Waals surface area contributed by atoms with Gasteiger partial charge < -0.3 is 10.2 Å². The van der Waals surface area contributed by atoms with E-state index in [2.05, 4.69) is 31.0 Å². The number of unbranched alkanes of at least 4 members (excludes halogenated alkanes) is 1. The topological polar surface area (TPSA) is 15.3 Å². The summed E-state index contributed by atoms with van der Waals surface area (Å²) in [6, 6.07) is 7.63. The van der Waals surface area contributed by atoms with Crippen LogP contribution in [0.15, 0.2) is 24.3 Å². The first-order valence-corrected chi connectivity index (χ1v) is 7.91. The number of benzene rings is 1. The highest BCUT2D eigenvalue weighted by Crippen LogP contribution is 2.19. The Balaban J connectivity index is 2.30. The number of nitrogens with one attached hydrogen (secondary N) is 1. The minimum atomic E-state index is -0.118. The van der Waals surface area contributed by atoms with Crippen LogP contribution in [-0.4, -0.2) is 25.7 Å². The maximum Gasteiger partial charge on any atom is 0.146 e. The number of anilines is 1. The molecular formula is C17H29FN2. The molecule has 1 N–H and O–H groups in total. The molecule has 114 valence electrons. The van der Waals surface area contributed by atoms with Crippen molar-refractivity contribution in [2.24, 2.45) is 0 Å². The smallest absolute Gasteiger partial charge is 0.146 e. The normalized spacial score (nSPS) is 12.4. The Morgan fingerprint density at radius 3 is 2.60 bits per heavy atom.